The molecule has 0 bridgehead atoms. The van der Waals surface area contributed by atoms with Gasteiger partial charge in [0.15, 0.2) is 0 Å². The van der Waals surface area contributed by atoms with Gasteiger partial charge in [0.1, 0.15) is 5.82 Å². The third-order valence-corrected chi connectivity index (χ3v) is 3.29. The molecule has 0 spiro atoms. The van der Waals surface area contributed by atoms with E-state index >= 15 is 0 Å². The number of hydrogen-bond acceptors (Lipinski definition) is 4. The van der Waals surface area contributed by atoms with Crippen LogP contribution in [0.2, 0.25) is 0 Å². The number of rotatable bonds is 4. The maximum Gasteiger partial charge on any atom is 0.270 e. The van der Waals surface area contributed by atoms with Gasteiger partial charge in [0, 0.05) is 17.0 Å². The maximum absolute atomic E-state index is 13.5. The molecule has 2 rings (SSSR count). The molecule has 1 amide bonds. The molecule has 0 atom stereocenters. The molecule has 0 unspecified atom stereocenters. The summed E-state index contributed by atoms with van der Waals surface area (Å²) in [7, 11) is 0. The standard InChI is InChI=1S/C12H9FN2O3S/c13-11-4-3-8(15(17)18)6-10(11)12(16)14-7-9-2-1-5-19-9/h1-6H,7H2,(H,14,16). The minimum atomic E-state index is -0.783. The molecule has 1 aromatic carbocycles. The molecule has 19 heavy (non-hydrogen) atoms. The molecule has 0 saturated heterocycles. The van der Waals surface area contributed by atoms with Crippen molar-refractivity contribution in [3.05, 3.63) is 62.1 Å². The lowest BCUT2D eigenvalue weighted by atomic mass is 10.1. The highest BCUT2D eigenvalue weighted by Crippen LogP contribution is 2.17. The maximum atomic E-state index is 13.5. The lowest BCUT2D eigenvalue weighted by molar-refractivity contribution is -0.384. The van der Waals surface area contributed by atoms with Gasteiger partial charge >= 0.3 is 0 Å². The van der Waals surface area contributed by atoms with Crippen LogP contribution in [0.15, 0.2) is 35.7 Å². The minimum Gasteiger partial charge on any atom is -0.347 e. The van der Waals surface area contributed by atoms with Crippen LogP contribution in [0, 0.1) is 15.9 Å². The van der Waals surface area contributed by atoms with Gasteiger partial charge in [-0.2, -0.15) is 0 Å². The van der Waals surface area contributed by atoms with E-state index in [4.69, 9.17) is 0 Å². The van der Waals surface area contributed by atoms with E-state index in [1.165, 1.54) is 11.3 Å². The monoisotopic (exact) mass is 280 g/mol. The van der Waals surface area contributed by atoms with E-state index < -0.39 is 16.6 Å². The molecule has 0 aliphatic heterocycles. The Morgan fingerprint density at radius 1 is 1.42 bits per heavy atom. The summed E-state index contributed by atoms with van der Waals surface area (Å²) in [6.07, 6.45) is 0. The molecule has 5 nitrogen and oxygen atoms in total. The van der Waals surface area contributed by atoms with E-state index in [0.29, 0.717) is 0 Å². The van der Waals surface area contributed by atoms with E-state index in [1.54, 1.807) is 0 Å². The molecule has 0 aliphatic rings. The predicted octanol–water partition coefficient (Wildman–Crippen LogP) is 2.73. The minimum absolute atomic E-state index is 0.263. The Labute approximate surface area is 111 Å². The van der Waals surface area contributed by atoms with Gasteiger partial charge < -0.3 is 5.32 Å². The van der Waals surface area contributed by atoms with Crippen molar-refractivity contribution in [3.63, 3.8) is 0 Å². The summed E-state index contributed by atoms with van der Waals surface area (Å²) in [4.78, 5) is 22.6. The topological polar surface area (TPSA) is 72.2 Å². The first-order valence-corrected chi connectivity index (χ1v) is 6.20. The lowest BCUT2D eigenvalue weighted by Crippen LogP contribution is -2.23. The van der Waals surface area contributed by atoms with Crippen LogP contribution < -0.4 is 5.32 Å². The SMILES string of the molecule is O=C(NCc1cccs1)c1cc([N+](=O)[O-])ccc1F. The molecular weight excluding hydrogens is 271 g/mol. The summed E-state index contributed by atoms with van der Waals surface area (Å²) in [5.41, 5.74) is -0.645. The van der Waals surface area contributed by atoms with Crippen molar-refractivity contribution in [1.82, 2.24) is 5.32 Å². The summed E-state index contributed by atoms with van der Waals surface area (Å²) in [6, 6.07) is 6.53. The van der Waals surface area contributed by atoms with Gasteiger partial charge in [-0.15, -0.1) is 11.3 Å². The van der Waals surface area contributed by atoms with Crippen molar-refractivity contribution >= 4 is 22.9 Å². The number of non-ortho nitro benzene ring substituents is 1. The Bertz CT molecular complexity index is 613. The van der Waals surface area contributed by atoms with Crippen molar-refractivity contribution in [2.75, 3.05) is 0 Å². The number of nitrogens with zero attached hydrogens (tertiary/aromatic N) is 1. The summed E-state index contributed by atoms with van der Waals surface area (Å²) in [5, 5.41) is 15.0. The first-order valence-electron chi connectivity index (χ1n) is 5.32. The quantitative estimate of drug-likeness (QED) is 0.691. The largest absolute Gasteiger partial charge is 0.347 e. The number of nitrogens with one attached hydrogen (secondary N) is 1. The van der Waals surface area contributed by atoms with Gasteiger partial charge in [-0.3, -0.25) is 14.9 Å². The molecule has 1 N–H and O–H groups in total. The zero-order valence-corrected chi connectivity index (χ0v) is 10.4. The number of benzene rings is 1. The molecule has 7 heteroatoms. The number of amides is 1. The summed E-state index contributed by atoms with van der Waals surface area (Å²) >= 11 is 1.46. The molecule has 0 radical (unpaired) electrons. The average molecular weight is 280 g/mol. The Hall–Kier alpha value is -2.28. The second-order valence-electron chi connectivity index (χ2n) is 3.68. The number of halogens is 1. The van der Waals surface area contributed by atoms with Crippen LogP contribution in [-0.4, -0.2) is 10.8 Å². The molecule has 2 aromatic rings. The van der Waals surface area contributed by atoms with E-state index in [9.17, 15) is 19.3 Å². The Kier molecular flexibility index (Phi) is 3.86. The predicted molar refractivity (Wildman–Crippen MR) is 68.5 cm³/mol. The molecule has 1 aromatic heterocycles. The third kappa shape index (κ3) is 3.14. The smallest absolute Gasteiger partial charge is 0.270 e. The number of carbonyl (C=O) groups is 1. The van der Waals surface area contributed by atoms with Gasteiger partial charge in [-0.1, -0.05) is 6.07 Å². The van der Waals surface area contributed by atoms with Crippen molar-refractivity contribution < 1.29 is 14.1 Å². The second kappa shape index (κ2) is 5.57. The van der Waals surface area contributed by atoms with Crippen LogP contribution in [0.1, 0.15) is 15.2 Å². The normalized spacial score (nSPS) is 10.2. The zero-order valence-electron chi connectivity index (χ0n) is 9.63. The molecule has 98 valence electrons. The van der Waals surface area contributed by atoms with Crippen LogP contribution in [0.25, 0.3) is 0 Å². The molecule has 0 saturated carbocycles. The van der Waals surface area contributed by atoms with Crippen LogP contribution in [0.5, 0.6) is 0 Å². The summed E-state index contributed by atoms with van der Waals surface area (Å²) < 4.78 is 13.5. The van der Waals surface area contributed by atoms with Crippen LogP contribution >= 0.6 is 11.3 Å². The van der Waals surface area contributed by atoms with Crippen molar-refractivity contribution in [3.8, 4) is 0 Å². The van der Waals surface area contributed by atoms with Gasteiger partial charge in [0.25, 0.3) is 11.6 Å². The summed E-state index contributed by atoms with van der Waals surface area (Å²) in [6.45, 7) is 0.263. The van der Waals surface area contributed by atoms with E-state index in [0.717, 1.165) is 23.1 Å². The number of nitro benzene ring substituents is 1. The fourth-order valence-corrected chi connectivity index (χ4v) is 2.12. The molecular formula is C12H9FN2O3S. The number of nitro groups is 1. The highest BCUT2D eigenvalue weighted by Gasteiger charge is 2.16. The molecule has 0 fully saturated rings. The number of hydrogen-bond donors (Lipinski definition) is 1. The Morgan fingerprint density at radius 3 is 2.84 bits per heavy atom. The van der Waals surface area contributed by atoms with Crippen LogP contribution in [-0.2, 0) is 6.54 Å². The first-order chi connectivity index (χ1) is 9.08. The van der Waals surface area contributed by atoms with E-state index in [-0.39, 0.29) is 17.8 Å². The first kappa shape index (κ1) is 13.2. The van der Waals surface area contributed by atoms with Crippen molar-refractivity contribution in [1.29, 1.82) is 0 Å². The zero-order chi connectivity index (χ0) is 13.8. The Balaban J connectivity index is 2.14. The second-order valence-corrected chi connectivity index (χ2v) is 4.72. The highest BCUT2D eigenvalue weighted by atomic mass is 32.1. The molecule has 0 aliphatic carbocycles. The van der Waals surface area contributed by atoms with Gasteiger partial charge in [0.05, 0.1) is 17.0 Å². The number of thiophene rings is 1. The lowest BCUT2D eigenvalue weighted by Gasteiger charge is -2.04. The van der Waals surface area contributed by atoms with Gasteiger partial charge in [-0.05, 0) is 17.5 Å². The average Bonchev–Trinajstić information content (AvgIpc) is 2.89. The fourth-order valence-electron chi connectivity index (χ4n) is 1.48. The summed E-state index contributed by atoms with van der Waals surface area (Å²) in [5.74, 6) is -1.45. The fraction of sp³-hybridized carbons (Fsp3) is 0.0833. The van der Waals surface area contributed by atoms with E-state index in [1.807, 2.05) is 17.5 Å². The van der Waals surface area contributed by atoms with Crippen molar-refractivity contribution in [2.24, 2.45) is 0 Å². The van der Waals surface area contributed by atoms with Gasteiger partial charge in [-0.25, -0.2) is 4.39 Å². The van der Waals surface area contributed by atoms with Crippen molar-refractivity contribution in [2.45, 2.75) is 6.54 Å². The van der Waals surface area contributed by atoms with Crippen LogP contribution in [0.3, 0.4) is 0 Å². The van der Waals surface area contributed by atoms with E-state index in [2.05, 4.69) is 5.32 Å². The molecule has 1 heterocycles. The Morgan fingerprint density at radius 2 is 2.21 bits per heavy atom. The van der Waals surface area contributed by atoms with Crippen LogP contribution in [0.4, 0.5) is 10.1 Å². The third-order valence-electron chi connectivity index (χ3n) is 2.41. The highest BCUT2D eigenvalue weighted by molar-refractivity contribution is 7.09. The van der Waals surface area contributed by atoms with Gasteiger partial charge in [0.2, 0.25) is 0 Å². The number of carbonyl (C=O) groups excluding carboxylic acids is 1.